The van der Waals surface area contributed by atoms with E-state index in [0.29, 0.717) is 16.2 Å². The molecule has 0 aliphatic heterocycles. The number of fused-ring (bicyclic) bond motifs is 1. The number of H-pyrrole nitrogens is 1. The van der Waals surface area contributed by atoms with Gasteiger partial charge in [0.2, 0.25) is 5.91 Å². The number of hydrogen-bond acceptors (Lipinski definition) is 5. The van der Waals surface area contributed by atoms with Crippen LogP contribution in [0.1, 0.15) is 38.4 Å². The van der Waals surface area contributed by atoms with Gasteiger partial charge in [-0.15, -0.1) is 0 Å². The van der Waals surface area contributed by atoms with Crippen LogP contribution in [0.15, 0.2) is 16.0 Å². The van der Waals surface area contributed by atoms with Crippen LogP contribution >= 0.6 is 11.8 Å². The van der Waals surface area contributed by atoms with E-state index in [4.69, 9.17) is 0 Å². The van der Waals surface area contributed by atoms with Crippen molar-refractivity contribution in [1.82, 2.24) is 20.3 Å². The fraction of sp³-hybridized carbons (Fsp3) is 0.500. The summed E-state index contributed by atoms with van der Waals surface area (Å²) in [5, 5.41) is 3.85. The van der Waals surface area contributed by atoms with Crippen LogP contribution in [0.2, 0.25) is 0 Å². The number of nitrogens with zero attached hydrogens (tertiary/aromatic N) is 2. The number of carbonyl (C=O) groups is 1. The normalized spacial score (nSPS) is 11.7. The molecule has 0 aromatic carbocycles. The van der Waals surface area contributed by atoms with Crippen LogP contribution in [0.3, 0.4) is 0 Å². The van der Waals surface area contributed by atoms with Gasteiger partial charge in [0.15, 0.2) is 10.8 Å². The fourth-order valence-corrected chi connectivity index (χ4v) is 2.82. The Morgan fingerprint density at radius 2 is 2.04 bits per heavy atom. The average molecular weight is 334 g/mol. The van der Waals surface area contributed by atoms with Crippen LogP contribution in [0.25, 0.3) is 11.0 Å². The summed E-state index contributed by atoms with van der Waals surface area (Å²) in [6, 6.07) is 1.85. The average Bonchev–Trinajstić information content (AvgIpc) is 2.43. The first kappa shape index (κ1) is 17.5. The molecule has 124 valence electrons. The zero-order valence-electron chi connectivity index (χ0n) is 14.1. The maximum atomic E-state index is 12.2. The van der Waals surface area contributed by atoms with Crippen molar-refractivity contribution in [3.8, 4) is 0 Å². The van der Waals surface area contributed by atoms with Crippen molar-refractivity contribution in [3.05, 3.63) is 27.7 Å². The van der Waals surface area contributed by atoms with Gasteiger partial charge in [0, 0.05) is 11.2 Å². The van der Waals surface area contributed by atoms with Gasteiger partial charge in [0.1, 0.15) is 0 Å². The number of thioether (sulfide) groups is 1. The van der Waals surface area contributed by atoms with Crippen LogP contribution in [0, 0.1) is 13.8 Å². The summed E-state index contributed by atoms with van der Waals surface area (Å²) in [5.41, 5.74) is 1.61. The zero-order chi connectivity index (χ0) is 17.2. The molecule has 0 unspecified atom stereocenters. The summed E-state index contributed by atoms with van der Waals surface area (Å²) in [4.78, 5) is 35.6. The van der Waals surface area contributed by atoms with Crippen molar-refractivity contribution in [2.45, 2.75) is 51.7 Å². The predicted molar refractivity (Wildman–Crippen MR) is 92.9 cm³/mol. The number of hydrogen-bond donors (Lipinski definition) is 2. The van der Waals surface area contributed by atoms with E-state index in [1.54, 1.807) is 0 Å². The second kappa shape index (κ2) is 6.70. The van der Waals surface area contributed by atoms with Crippen molar-refractivity contribution in [2.75, 3.05) is 5.75 Å². The number of aromatic amines is 1. The summed E-state index contributed by atoms with van der Waals surface area (Å²) in [7, 11) is 0. The molecule has 2 heterocycles. The maximum Gasteiger partial charge on any atom is 0.261 e. The van der Waals surface area contributed by atoms with Crippen molar-refractivity contribution in [2.24, 2.45) is 0 Å². The molecule has 2 N–H and O–H groups in total. The highest BCUT2D eigenvalue weighted by Gasteiger charge is 2.18. The Bertz CT molecular complexity index is 799. The lowest BCUT2D eigenvalue weighted by Gasteiger charge is -2.24. The van der Waals surface area contributed by atoms with Gasteiger partial charge < -0.3 is 10.3 Å². The summed E-state index contributed by atoms with van der Waals surface area (Å²) in [6.45, 7) is 9.69. The molecule has 2 aromatic rings. The third kappa shape index (κ3) is 4.31. The van der Waals surface area contributed by atoms with E-state index in [2.05, 4.69) is 20.3 Å². The lowest BCUT2D eigenvalue weighted by Crippen LogP contribution is -2.43. The zero-order valence-corrected chi connectivity index (χ0v) is 14.9. The Kier molecular flexibility index (Phi) is 5.09. The first-order valence-electron chi connectivity index (χ1n) is 7.54. The molecule has 0 saturated carbocycles. The number of amides is 1. The van der Waals surface area contributed by atoms with Crippen LogP contribution < -0.4 is 10.9 Å². The minimum Gasteiger partial charge on any atom is -0.351 e. The Morgan fingerprint density at radius 1 is 1.35 bits per heavy atom. The van der Waals surface area contributed by atoms with Crippen molar-refractivity contribution < 1.29 is 4.79 Å². The molecule has 0 spiro atoms. The molecule has 1 amide bonds. The van der Waals surface area contributed by atoms with E-state index in [1.165, 1.54) is 11.8 Å². The predicted octanol–water partition coefficient (Wildman–Crippen LogP) is 2.33. The highest BCUT2D eigenvalue weighted by molar-refractivity contribution is 7.99. The Balaban J connectivity index is 2.19. The molecule has 0 atom stereocenters. The molecule has 0 aliphatic carbocycles. The largest absolute Gasteiger partial charge is 0.351 e. The molecule has 2 aromatic heterocycles. The summed E-state index contributed by atoms with van der Waals surface area (Å²) < 4.78 is 0. The summed E-state index contributed by atoms with van der Waals surface area (Å²) >= 11 is 1.20. The quantitative estimate of drug-likeness (QED) is 0.647. The lowest BCUT2D eigenvalue weighted by atomic mass is 10.0. The van der Waals surface area contributed by atoms with Gasteiger partial charge in [-0.25, -0.2) is 9.97 Å². The number of carbonyl (C=O) groups excluding carboxylic acids is 1. The van der Waals surface area contributed by atoms with Gasteiger partial charge >= 0.3 is 0 Å². The van der Waals surface area contributed by atoms with Gasteiger partial charge in [-0.05, 0) is 45.7 Å². The second-order valence-electron chi connectivity index (χ2n) is 6.22. The van der Waals surface area contributed by atoms with Crippen LogP contribution in [0.5, 0.6) is 0 Å². The minimum absolute atomic E-state index is 0.0852. The minimum atomic E-state index is -0.238. The number of rotatable bonds is 5. The number of aromatic nitrogens is 3. The van der Waals surface area contributed by atoms with Crippen LogP contribution in [-0.2, 0) is 4.79 Å². The number of aryl methyl sites for hydroxylation is 2. The van der Waals surface area contributed by atoms with E-state index in [0.717, 1.165) is 17.7 Å². The highest BCUT2D eigenvalue weighted by Crippen LogP contribution is 2.17. The molecule has 0 bridgehead atoms. The first-order valence-corrected chi connectivity index (χ1v) is 8.52. The van der Waals surface area contributed by atoms with Crippen molar-refractivity contribution in [1.29, 1.82) is 0 Å². The SMILES string of the molecule is CCC(C)(C)NC(=O)CSc1nc2nc(C)cc(C)c2c(=O)[nH]1. The Labute approximate surface area is 139 Å². The lowest BCUT2D eigenvalue weighted by molar-refractivity contribution is -0.120. The Hall–Kier alpha value is -1.89. The third-order valence-electron chi connectivity index (χ3n) is 3.68. The van der Waals surface area contributed by atoms with Gasteiger partial charge in [-0.2, -0.15) is 0 Å². The summed E-state index contributed by atoms with van der Waals surface area (Å²) in [6.07, 6.45) is 0.844. The van der Waals surface area contributed by atoms with Gasteiger partial charge in [0.25, 0.3) is 5.56 Å². The number of pyridine rings is 1. The Morgan fingerprint density at radius 3 is 2.70 bits per heavy atom. The first-order chi connectivity index (χ1) is 10.7. The third-order valence-corrected chi connectivity index (χ3v) is 4.56. The van der Waals surface area contributed by atoms with Gasteiger partial charge in [-0.1, -0.05) is 18.7 Å². The molecule has 0 saturated heterocycles. The van der Waals surface area contributed by atoms with E-state index < -0.39 is 0 Å². The molecular weight excluding hydrogens is 312 g/mol. The fourth-order valence-electron chi connectivity index (χ4n) is 2.17. The van der Waals surface area contributed by atoms with Crippen LogP contribution in [0.4, 0.5) is 0 Å². The van der Waals surface area contributed by atoms with E-state index >= 15 is 0 Å². The van der Waals surface area contributed by atoms with E-state index in [1.807, 2.05) is 40.7 Å². The highest BCUT2D eigenvalue weighted by atomic mass is 32.2. The maximum absolute atomic E-state index is 12.2. The standard InChI is InChI=1S/C16H22N4O2S/c1-6-16(4,5)20-11(21)8-23-15-18-13-12(14(22)19-15)9(2)7-10(3)17-13/h7H,6,8H2,1-5H3,(H,20,21)(H,17,18,19,22). The molecule has 7 heteroatoms. The molecule has 0 fully saturated rings. The van der Waals surface area contributed by atoms with E-state index in [9.17, 15) is 9.59 Å². The monoisotopic (exact) mass is 334 g/mol. The smallest absolute Gasteiger partial charge is 0.261 e. The molecule has 0 radical (unpaired) electrons. The molecular formula is C16H22N4O2S. The molecule has 6 nitrogen and oxygen atoms in total. The molecule has 0 aliphatic rings. The topological polar surface area (TPSA) is 87.7 Å². The van der Waals surface area contributed by atoms with E-state index in [-0.39, 0.29) is 22.8 Å². The molecule has 23 heavy (non-hydrogen) atoms. The second-order valence-corrected chi connectivity index (χ2v) is 7.19. The number of nitrogens with one attached hydrogen (secondary N) is 2. The van der Waals surface area contributed by atoms with Gasteiger partial charge in [-0.3, -0.25) is 9.59 Å². The summed E-state index contributed by atoms with van der Waals surface area (Å²) in [5.74, 6) is 0.112. The van der Waals surface area contributed by atoms with Crippen LogP contribution in [-0.4, -0.2) is 32.2 Å². The van der Waals surface area contributed by atoms with Crippen molar-refractivity contribution >= 4 is 28.7 Å². The van der Waals surface area contributed by atoms with Crippen molar-refractivity contribution in [3.63, 3.8) is 0 Å². The molecule has 2 rings (SSSR count). The van der Waals surface area contributed by atoms with Gasteiger partial charge in [0.05, 0.1) is 11.1 Å².